The average Bonchev–Trinajstić information content (AvgIpc) is 3.08. The molecule has 0 N–H and O–H groups in total. The molecule has 8 nitrogen and oxygen atoms in total. The van der Waals surface area contributed by atoms with Gasteiger partial charge in [0.2, 0.25) is 5.91 Å². The number of rotatable bonds is 8. The molecule has 1 aromatic rings. The normalized spacial score (nSPS) is 19.2. The van der Waals surface area contributed by atoms with Gasteiger partial charge < -0.3 is 19.2 Å². The number of ether oxygens (including phenoxy) is 2. The minimum Gasteiger partial charge on any atom is -0.442 e. The van der Waals surface area contributed by atoms with Gasteiger partial charge in [-0.25, -0.2) is 9.18 Å². The highest BCUT2D eigenvalue weighted by Gasteiger charge is 2.34. The third kappa shape index (κ3) is 5.39. The summed E-state index contributed by atoms with van der Waals surface area (Å²) < 4.78 is 26.8. The van der Waals surface area contributed by atoms with Crippen LogP contribution in [0.2, 0.25) is 0 Å². The van der Waals surface area contributed by atoms with Gasteiger partial charge in [0, 0.05) is 32.2 Å². The largest absolute Gasteiger partial charge is 0.442 e. The molecule has 2 aliphatic rings. The van der Waals surface area contributed by atoms with E-state index >= 15 is 0 Å². The first kappa shape index (κ1) is 21.4. The number of hydrogen-bond donors (Lipinski definition) is 0. The Balaban J connectivity index is 1.64. The smallest absolute Gasteiger partial charge is 0.414 e. The number of halogens is 1. The van der Waals surface area contributed by atoms with E-state index in [0.29, 0.717) is 49.9 Å². The first-order chi connectivity index (χ1) is 14.0. The number of nitrogens with zero attached hydrogens (tertiary/aromatic N) is 3. The van der Waals surface area contributed by atoms with Crippen molar-refractivity contribution in [3.63, 3.8) is 0 Å². The molecule has 29 heavy (non-hydrogen) atoms. The Labute approximate surface area is 173 Å². The van der Waals surface area contributed by atoms with Gasteiger partial charge in [-0.2, -0.15) is 0 Å². The second-order valence-corrected chi connectivity index (χ2v) is 7.83. The molecule has 2 amide bonds. The standard InChI is InChI=1S/C19H24FN3O5S/c1-14(25)23(29-10-2-7-24)13-16-12-22(19(26)28-16)15-3-4-18(17(20)11-15)21-5-8-27-9-6-21/h3-4,7,11,16H,2,5-6,8-10,12-13H2,1H3. The fraction of sp³-hybridized carbons (Fsp3) is 0.526. The zero-order valence-electron chi connectivity index (χ0n) is 16.2. The molecular formula is C19H24FN3O5S. The highest BCUT2D eigenvalue weighted by Crippen LogP contribution is 2.29. The Hall–Kier alpha value is -2.33. The lowest BCUT2D eigenvalue weighted by Gasteiger charge is -2.29. The summed E-state index contributed by atoms with van der Waals surface area (Å²) in [6.45, 7) is 4.18. The molecule has 3 rings (SSSR count). The van der Waals surface area contributed by atoms with Crippen molar-refractivity contribution in [2.75, 3.05) is 54.9 Å². The quantitative estimate of drug-likeness (QED) is 0.358. The molecular weight excluding hydrogens is 401 g/mol. The minimum absolute atomic E-state index is 0.184. The topological polar surface area (TPSA) is 79.4 Å². The monoisotopic (exact) mass is 425 g/mol. The molecule has 0 aliphatic carbocycles. The lowest BCUT2D eigenvalue weighted by Crippen LogP contribution is -2.36. The molecule has 0 bridgehead atoms. The van der Waals surface area contributed by atoms with Crippen LogP contribution in [0.5, 0.6) is 0 Å². The summed E-state index contributed by atoms with van der Waals surface area (Å²) in [5, 5.41) is 0. The number of anilines is 2. The molecule has 0 aromatic heterocycles. The van der Waals surface area contributed by atoms with Gasteiger partial charge >= 0.3 is 6.09 Å². The molecule has 1 atom stereocenters. The minimum atomic E-state index is -0.574. The lowest BCUT2D eigenvalue weighted by atomic mass is 10.2. The van der Waals surface area contributed by atoms with Crippen LogP contribution in [0.4, 0.5) is 20.6 Å². The molecule has 2 fully saturated rings. The van der Waals surface area contributed by atoms with Crippen LogP contribution < -0.4 is 9.80 Å². The maximum atomic E-state index is 14.7. The first-order valence-electron chi connectivity index (χ1n) is 9.44. The average molecular weight is 425 g/mol. The van der Waals surface area contributed by atoms with Gasteiger partial charge in [-0.3, -0.25) is 14.0 Å². The molecule has 0 radical (unpaired) electrons. The molecule has 2 aliphatic heterocycles. The summed E-state index contributed by atoms with van der Waals surface area (Å²) >= 11 is 1.23. The van der Waals surface area contributed by atoms with Crippen molar-refractivity contribution in [3.05, 3.63) is 24.0 Å². The molecule has 1 aromatic carbocycles. The van der Waals surface area contributed by atoms with Crippen molar-refractivity contribution in [2.45, 2.75) is 19.4 Å². The Morgan fingerprint density at radius 1 is 1.38 bits per heavy atom. The number of carbonyl (C=O) groups is 3. The molecule has 2 heterocycles. The zero-order chi connectivity index (χ0) is 20.8. The first-order valence-corrected chi connectivity index (χ1v) is 10.4. The molecule has 0 saturated carbocycles. The van der Waals surface area contributed by atoms with E-state index in [9.17, 15) is 18.8 Å². The Morgan fingerprint density at radius 3 is 2.79 bits per heavy atom. The van der Waals surface area contributed by atoms with Crippen molar-refractivity contribution in [1.82, 2.24) is 4.31 Å². The summed E-state index contributed by atoms with van der Waals surface area (Å²) in [7, 11) is 0. The van der Waals surface area contributed by atoms with E-state index in [2.05, 4.69) is 0 Å². The van der Waals surface area contributed by atoms with Crippen LogP contribution >= 0.6 is 11.9 Å². The number of benzene rings is 1. The van der Waals surface area contributed by atoms with E-state index in [4.69, 9.17) is 9.47 Å². The summed E-state index contributed by atoms with van der Waals surface area (Å²) in [5.74, 6) is -0.117. The maximum absolute atomic E-state index is 14.7. The summed E-state index contributed by atoms with van der Waals surface area (Å²) in [6, 6.07) is 4.68. The van der Waals surface area contributed by atoms with E-state index in [1.807, 2.05) is 4.90 Å². The van der Waals surface area contributed by atoms with Gasteiger partial charge in [0.25, 0.3) is 0 Å². The predicted octanol–water partition coefficient (Wildman–Crippen LogP) is 2.07. The van der Waals surface area contributed by atoms with Crippen LogP contribution in [0, 0.1) is 5.82 Å². The number of aldehydes is 1. The van der Waals surface area contributed by atoms with Gasteiger partial charge in [0.15, 0.2) is 0 Å². The van der Waals surface area contributed by atoms with Crippen molar-refractivity contribution in [2.24, 2.45) is 0 Å². The van der Waals surface area contributed by atoms with Crippen molar-refractivity contribution < 1.29 is 28.2 Å². The van der Waals surface area contributed by atoms with E-state index in [-0.39, 0.29) is 19.0 Å². The van der Waals surface area contributed by atoms with Crippen LogP contribution in [0.15, 0.2) is 18.2 Å². The second-order valence-electron chi connectivity index (χ2n) is 6.72. The lowest BCUT2D eigenvalue weighted by molar-refractivity contribution is -0.124. The van der Waals surface area contributed by atoms with Crippen molar-refractivity contribution in [3.8, 4) is 0 Å². The predicted molar refractivity (Wildman–Crippen MR) is 108 cm³/mol. The zero-order valence-corrected chi connectivity index (χ0v) is 17.0. The fourth-order valence-electron chi connectivity index (χ4n) is 3.22. The number of hydrogen-bond acceptors (Lipinski definition) is 7. The third-order valence-electron chi connectivity index (χ3n) is 4.67. The van der Waals surface area contributed by atoms with Gasteiger partial charge in [-0.05, 0) is 30.1 Å². The van der Waals surface area contributed by atoms with Crippen LogP contribution in [-0.2, 0) is 19.1 Å². The van der Waals surface area contributed by atoms with E-state index in [1.54, 1.807) is 12.1 Å². The van der Waals surface area contributed by atoms with Gasteiger partial charge in [0.1, 0.15) is 18.2 Å². The number of morpholine rings is 1. The van der Waals surface area contributed by atoms with Crippen LogP contribution in [-0.4, -0.2) is 73.8 Å². The van der Waals surface area contributed by atoms with Gasteiger partial charge in [-0.15, -0.1) is 0 Å². The number of carbonyl (C=O) groups excluding carboxylic acids is 3. The number of amides is 2. The molecule has 2 saturated heterocycles. The van der Waals surface area contributed by atoms with Crippen LogP contribution in [0.3, 0.4) is 0 Å². The van der Waals surface area contributed by atoms with E-state index in [1.165, 1.54) is 34.1 Å². The number of cyclic esters (lactones) is 1. The Morgan fingerprint density at radius 2 is 2.14 bits per heavy atom. The third-order valence-corrected chi connectivity index (χ3v) is 5.81. The Kier molecular flexibility index (Phi) is 7.32. The summed E-state index contributed by atoms with van der Waals surface area (Å²) in [4.78, 5) is 37.8. The maximum Gasteiger partial charge on any atom is 0.414 e. The van der Waals surface area contributed by atoms with E-state index in [0.717, 1.165) is 6.29 Å². The summed E-state index contributed by atoms with van der Waals surface area (Å²) in [5.41, 5.74) is 0.894. The highest BCUT2D eigenvalue weighted by molar-refractivity contribution is 7.97. The van der Waals surface area contributed by atoms with Crippen LogP contribution in [0.25, 0.3) is 0 Å². The molecule has 0 spiro atoms. The summed E-state index contributed by atoms with van der Waals surface area (Å²) in [6.07, 6.45) is 0.0180. The van der Waals surface area contributed by atoms with Crippen molar-refractivity contribution in [1.29, 1.82) is 0 Å². The molecule has 10 heteroatoms. The van der Waals surface area contributed by atoms with Gasteiger partial charge in [0.05, 0.1) is 37.7 Å². The Bertz CT molecular complexity index is 759. The SMILES string of the molecule is CC(=O)N(CC1CN(c2ccc(N3CCOCC3)c(F)c2)C(=O)O1)SCCC=O. The second kappa shape index (κ2) is 9.93. The van der Waals surface area contributed by atoms with Crippen molar-refractivity contribution >= 4 is 41.6 Å². The fourth-order valence-corrected chi connectivity index (χ4v) is 4.10. The van der Waals surface area contributed by atoms with Crippen LogP contribution in [0.1, 0.15) is 13.3 Å². The van der Waals surface area contributed by atoms with Gasteiger partial charge in [-0.1, -0.05) is 0 Å². The molecule has 1 unspecified atom stereocenters. The molecule has 158 valence electrons. The van der Waals surface area contributed by atoms with E-state index < -0.39 is 18.0 Å². The highest BCUT2D eigenvalue weighted by atomic mass is 32.2.